The van der Waals surface area contributed by atoms with E-state index < -0.39 is 0 Å². The first kappa shape index (κ1) is 24.6. The fourth-order valence-corrected chi connectivity index (χ4v) is 4.87. The molecule has 0 spiro atoms. The maximum absolute atomic E-state index is 12.9. The van der Waals surface area contributed by atoms with Crippen LogP contribution in [0.5, 0.6) is 0 Å². The molecule has 1 heterocycles. The minimum Gasteiger partial charge on any atom is -0.347 e. The molecule has 182 valence electrons. The first-order valence-electron chi connectivity index (χ1n) is 12.5. The number of Topliss-reactive ketones (excluding diaryl/α,β-unsaturated/α-hetero) is 1. The number of carbonyl (C=O) groups is 3. The standard InChI is InChI=1S/C30H34N2O3/c1-21(2)18-22-10-12-24(13-11-22)30(35)25-14-16-32(17-15-25)29(34)20-31-28(33)19-26-8-5-7-23-6-3-4-9-27(23)26/h3-13,21,25H,14-20H2,1-2H3,(H,31,33). The van der Waals surface area contributed by atoms with E-state index in [1.165, 1.54) is 5.56 Å². The molecular formula is C30H34N2O3. The van der Waals surface area contributed by atoms with Crippen LogP contribution in [-0.2, 0) is 22.4 Å². The van der Waals surface area contributed by atoms with Gasteiger partial charge in [0.15, 0.2) is 5.78 Å². The van der Waals surface area contributed by atoms with Gasteiger partial charge in [-0.05, 0) is 47.1 Å². The lowest BCUT2D eigenvalue weighted by Gasteiger charge is -2.31. The molecule has 0 unspecified atom stereocenters. The van der Waals surface area contributed by atoms with Crippen molar-refractivity contribution in [1.29, 1.82) is 0 Å². The van der Waals surface area contributed by atoms with Crippen LogP contribution in [0.4, 0.5) is 0 Å². The summed E-state index contributed by atoms with van der Waals surface area (Å²) in [6, 6.07) is 21.9. The lowest BCUT2D eigenvalue weighted by molar-refractivity contribution is -0.133. The minimum atomic E-state index is -0.166. The molecule has 4 rings (SSSR count). The van der Waals surface area contributed by atoms with Crippen molar-refractivity contribution in [2.24, 2.45) is 11.8 Å². The maximum atomic E-state index is 12.9. The quantitative estimate of drug-likeness (QED) is 0.480. The number of hydrogen-bond donors (Lipinski definition) is 1. The van der Waals surface area contributed by atoms with Gasteiger partial charge >= 0.3 is 0 Å². The van der Waals surface area contributed by atoms with E-state index in [4.69, 9.17) is 0 Å². The molecule has 0 atom stereocenters. The minimum absolute atomic E-state index is 0.0144. The van der Waals surface area contributed by atoms with Crippen molar-refractivity contribution in [2.45, 2.75) is 39.5 Å². The Morgan fingerprint density at radius 3 is 2.31 bits per heavy atom. The van der Waals surface area contributed by atoms with Crippen LogP contribution in [0.1, 0.15) is 48.2 Å². The molecule has 0 aliphatic carbocycles. The average molecular weight is 471 g/mol. The summed E-state index contributed by atoms with van der Waals surface area (Å²) < 4.78 is 0. The molecule has 5 heteroatoms. The number of carbonyl (C=O) groups excluding carboxylic acids is 3. The predicted molar refractivity (Wildman–Crippen MR) is 139 cm³/mol. The van der Waals surface area contributed by atoms with Crippen LogP contribution in [0.2, 0.25) is 0 Å². The van der Waals surface area contributed by atoms with Crippen LogP contribution >= 0.6 is 0 Å². The molecule has 2 amide bonds. The summed E-state index contributed by atoms with van der Waals surface area (Å²) in [5.41, 5.74) is 2.95. The highest BCUT2D eigenvalue weighted by molar-refractivity contribution is 5.98. The van der Waals surface area contributed by atoms with Gasteiger partial charge in [-0.1, -0.05) is 80.6 Å². The summed E-state index contributed by atoms with van der Waals surface area (Å²) in [7, 11) is 0. The Labute approximate surface area is 207 Å². The third kappa shape index (κ3) is 6.36. The smallest absolute Gasteiger partial charge is 0.241 e. The second-order valence-corrected chi connectivity index (χ2v) is 9.91. The Kier molecular flexibility index (Phi) is 7.96. The maximum Gasteiger partial charge on any atom is 0.241 e. The highest BCUT2D eigenvalue weighted by atomic mass is 16.2. The highest BCUT2D eigenvalue weighted by Gasteiger charge is 2.28. The van der Waals surface area contributed by atoms with Crippen LogP contribution in [-0.4, -0.2) is 42.1 Å². The summed E-state index contributed by atoms with van der Waals surface area (Å²) in [4.78, 5) is 39.9. The third-order valence-electron chi connectivity index (χ3n) is 6.77. The van der Waals surface area contributed by atoms with E-state index in [9.17, 15) is 14.4 Å². The van der Waals surface area contributed by atoms with Gasteiger partial charge in [0.25, 0.3) is 0 Å². The monoisotopic (exact) mass is 470 g/mol. The van der Waals surface area contributed by atoms with Gasteiger partial charge in [0.05, 0.1) is 13.0 Å². The lowest BCUT2D eigenvalue weighted by atomic mass is 9.88. The summed E-state index contributed by atoms with van der Waals surface area (Å²) in [5, 5.41) is 4.92. The number of likely N-dealkylation sites (tertiary alicyclic amines) is 1. The van der Waals surface area contributed by atoms with E-state index in [1.807, 2.05) is 66.7 Å². The molecule has 35 heavy (non-hydrogen) atoms. The number of piperidine rings is 1. The molecule has 3 aromatic carbocycles. The fraction of sp³-hybridized carbons (Fsp3) is 0.367. The van der Waals surface area contributed by atoms with E-state index in [1.54, 1.807) is 4.90 Å². The molecule has 0 saturated carbocycles. The zero-order chi connectivity index (χ0) is 24.8. The second-order valence-electron chi connectivity index (χ2n) is 9.91. The second kappa shape index (κ2) is 11.3. The summed E-state index contributed by atoms with van der Waals surface area (Å²) >= 11 is 0. The molecule has 0 bridgehead atoms. The molecule has 1 aliphatic heterocycles. The number of rotatable bonds is 8. The Balaban J connectivity index is 1.24. The molecule has 5 nitrogen and oxygen atoms in total. The number of benzene rings is 3. The number of ketones is 1. The van der Waals surface area contributed by atoms with Crippen molar-refractivity contribution in [3.05, 3.63) is 83.4 Å². The normalized spacial score (nSPS) is 14.3. The van der Waals surface area contributed by atoms with Crippen molar-refractivity contribution in [3.8, 4) is 0 Å². The first-order chi connectivity index (χ1) is 16.9. The molecule has 0 aromatic heterocycles. The number of amides is 2. The number of nitrogens with one attached hydrogen (secondary N) is 1. The number of fused-ring (bicyclic) bond motifs is 1. The summed E-state index contributed by atoms with van der Waals surface area (Å²) in [6.07, 6.45) is 2.55. The van der Waals surface area contributed by atoms with Crippen molar-refractivity contribution < 1.29 is 14.4 Å². The van der Waals surface area contributed by atoms with Gasteiger partial charge in [-0.15, -0.1) is 0 Å². The highest BCUT2D eigenvalue weighted by Crippen LogP contribution is 2.23. The largest absolute Gasteiger partial charge is 0.347 e. The van der Waals surface area contributed by atoms with E-state index in [0.717, 1.165) is 28.3 Å². The lowest BCUT2D eigenvalue weighted by Crippen LogP contribution is -2.45. The van der Waals surface area contributed by atoms with Crippen molar-refractivity contribution in [2.75, 3.05) is 19.6 Å². The van der Waals surface area contributed by atoms with Crippen LogP contribution in [0, 0.1) is 11.8 Å². The summed E-state index contributed by atoms with van der Waals surface area (Å²) in [6.45, 7) is 5.44. The zero-order valence-corrected chi connectivity index (χ0v) is 20.6. The van der Waals surface area contributed by atoms with Gasteiger partial charge in [-0.3, -0.25) is 14.4 Å². The van der Waals surface area contributed by atoms with Crippen LogP contribution in [0.3, 0.4) is 0 Å². The van der Waals surface area contributed by atoms with Gasteiger partial charge in [0.2, 0.25) is 11.8 Å². The molecule has 0 radical (unpaired) electrons. The van der Waals surface area contributed by atoms with Crippen LogP contribution in [0.15, 0.2) is 66.7 Å². The molecule has 3 aromatic rings. The van der Waals surface area contributed by atoms with Crippen molar-refractivity contribution in [3.63, 3.8) is 0 Å². The van der Waals surface area contributed by atoms with Crippen molar-refractivity contribution >= 4 is 28.4 Å². The van der Waals surface area contributed by atoms with Gasteiger partial charge in [0.1, 0.15) is 0 Å². The topological polar surface area (TPSA) is 66.5 Å². The third-order valence-corrected chi connectivity index (χ3v) is 6.77. The molecule has 1 N–H and O–H groups in total. The fourth-order valence-electron chi connectivity index (χ4n) is 4.87. The first-order valence-corrected chi connectivity index (χ1v) is 12.5. The van der Waals surface area contributed by atoms with E-state index in [-0.39, 0.29) is 36.5 Å². The molecule has 1 aliphatic rings. The van der Waals surface area contributed by atoms with E-state index >= 15 is 0 Å². The van der Waals surface area contributed by atoms with E-state index in [0.29, 0.717) is 31.8 Å². The Morgan fingerprint density at radius 2 is 1.60 bits per heavy atom. The number of nitrogens with zero attached hydrogens (tertiary/aromatic N) is 1. The molecule has 1 fully saturated rings. The molecule has 1 saturated heterocycles. The molecular weight excluding hydrogens is 436 g/mol. The van der Waals surface area contributed by atoms with Crippen molar-refractivity contribution in [1.82, 2.24) is 10.2 Å². The zero-order valence-electron chi connectivity index (χ0n) is 20.6. The van der Waals surface area contributed by atoms with Gasteiger partial charge < -0.3 is 10.2 Å². The van der Waals surface area contributed by atoms with E-state index in [2.05, 4.69) is 19.2 Å². The Bertz CT molecular complexity index is 1190. The summed E-state index contributed by atoms with van der Waals surface area (Å²) in [5.74, 6) is 0.426. The Hall–Kier alpha value is -3.47. The Morgan fingerprint density at radius 1 is 0.914 bits per heavy atom. The average Bonchev–Trinajstić information content (AvgIpc) is 2.87. The predicted octanol–water partition coefficient (Wildman–Crippen LogP) is 4.82. The van der Waals surface area contributed by atoms with Gasteiger partial charge in [-0.25, -0.2) is 0 Å². The number of hydrogen-bond acceptors (Lipinski definition) is 3. The van der Waals surface area contributed by atoms with Crippen LogP contribution in [0.25, 0.3) is 10.8 Å². The van der Waals surface area contributed by atoms with Crippen LogP contribution < -0.4 is 5.32 Å². The van der Waals surface area contributed by atoms with Gasteiger partial charge in [-0.2, -0.15) is 0 Å². The van der Waals surface area contributed by atoms with Gasteiger partial charge in [0, 0.05) is 24.6 Å². The SMILES string of the molecule is CC(C)Cc1ccc(C(=O)C2CCN(C(=O)CNC(=O)Cc3cccc4ccccc34)CC2)cc1.